The van der Waals surface area contributed by atoms with Gasteiger partial charge >= 0.3 is 6.09 Å². The van der Waals surface area contributed by atoms with Crippen LogP contribution in [0.2, 0.25) is 0 Å². The maximum Gasteiger partial charge on any atom is 0.405 e. The highest BCUT2D eigenvalue weighted by Crippen LogP contribution is 2.40. The number of ether oxygens (including phenoxy) is 1. The molecular formula is C12H16N2O2. The third-order valence-electron chi connectivity index (χ3n) is 3.14. The Labute approximate surface area is 94.8 Å². The van der Waals surface area contributed by atoms with Gasteiger partial charge in [0, 0.05) is 18.0 Å². The summed E-state index contributed by atoms with van der Waals surface area (Å²) in [5, 5.41) is 0. The fourth-order valence-corrected chi connectivity index (χ4v) is 2.40. The van der Waals surface area contributed by atoms with E-state index in [0.29, 0.717) is 0 Å². The predicted molar refractivity (Wildman–Crippen MR) is 59.7 cm³/mol. The number of hydrogen-bond acceptors (Lipinski definition) is 3. The molecular weight excluding hydrogens is 204 g/mol. The minimum absolute atomic E-state index is 0.543. The Balaban J connectivity index is 2.29. The first-order chi connectivity index (χ1) is 7.73. The lowest BCUT2D eigenvalue weighted by atomic mass is 9.80. The van der Waals surface area contributed by atoms with Crippen molar-refractivity contribution in [2.45, 2.75) is 37.7 Å². The van der Waals surface area contributed by atoms with Crippen LogP contribution < -0.4 is 5.73 Å². The summed E-state index contributed by atoms with van der Waals surface area (Å²) in [5.74, 6) is 0. The van der Waals surface area contributed by atoms with Gasteiger partial charge in [-0.25, -0.2) is 4.79 Å². The van der Waals surface area contributed by atoms with Crippen molar-refractivity contribution in [3.05, 3.63) is 30.1 Å². The van der Waals surface area contributed by atoms with Gasteiger partial charge in [0.05, 0.1) is 0 Å². The quantitative estimate of drug-likeness (QED) is 0.831. The van der Waals surface area contributed by atoms with E-state index in [1.165, 1.54) is 6.42 Å². The molecule has 2 rings (SSSR count). The second-order valence-corrected chi connectivity index (χ2v) is 4.22. The Morgan fingerprint density at radius 2 is 2.12 bits per heavy atom. The van der Waals surface area contributed by atoms with Gasteiger partial charge in [0.15, 0.2) is 0 Å². The van der Waals surface area contributed by atoms with Gasteiger partial charge in [-0.3, -0.25) is 4.98 Å². The van der Waals surface area contributed by atoms with E-state index in [4.69, 9.17) is 10.5 Å². The Morgan fingerprint density at radius 1 is 1.38 bits per heavy atom. The largest absolute Gasteiger partial charge is 0.438 e. The molecule has 1 heterocycles. The second-order valence-electron chi connectivity index (χ2n) is 4.22. The lowest BCUT2D eigenvalue weighted by Crippen LogP contribution is -2.36. The molecule has 0 aromatic carbocycles. The number of nitrogens with two attached hydrogens (primary N) is 1. The molecule has 4 heteroatoms. The Hall–Kier alpha value is -1.58. The SMILES string of the molecule is NC(=O)OC1(c2cccnc2)CCCCC1. The molecule has 0 atom stereocenters. The number of primary amides is 1. The van der Waals surface area contributed by atoms with Crippen LogP contribution in [0.5, 0.6) is 0 Å². The topological polar surface area (TPSA) is 65.2 Å². The number of aromatic nitrogens is 1. The minimum atomic E-state index is -0.703. The zero-order valence-corrected chi connectivity index (χ0v) is 9.19. The molecule has 0 radical (unpaired) electrons. The first kappa shape index (κ1) is 10.9. The number of amides is 1. The van der Waals surface area contributed by atoms with Gasteiger partial charge in [0.2, 0.25) is 0 Å². The molecule has 1 aliphatic rings. The highest BCUT2D eigenvalue weighted by molar-refractivity contribution is 5.65. The summed E-state index contributed by atoms with van der Waals surface area (Å²) >= 11 is 0. The van der Waals surface area contributed by atoms with Crippen molar-refractivity contribution in [2.24, 2.45) is 5.73 Å². The fourth-order valence-electron chi connectivity index (χ4n) is 2.40. The Kier molecular flexibility index (Phi) is 3.08. The zero-order valence-electron chi connectivity index (χ0n) is 9.19. The second kappa shape index (κ2) is 4.51. The van der Waals surface area contributed by atoms with Crippen molar-refractivity contribution in [1.29, 1.82) is 0 Å². The van der Waals surface area contributed by atoms with Crippen LogP contribution in [0, 0.1) is 0 Å². The minimum Gasteiger partial charge on any atom is -0.438 e. The first-order valence-electron chi connectivity index (χ1n) is 5.62. The fraction of sp³-hybridized carbons (Fsp3) is 0.500. The predicted octanol–water partition coefficient (Wildman–Crippen LogP) is 2.34. The van der Waals surface area contributed by atoms with Gasteiger partial charge in [-0.1, -0.05) is 12.5 Å². The van der Waals surface area contributed by atoms with Crippen molar-refractivity contribution in [1.82, 2.24) is 4.98 Å². The van der Waals surface area contributed by atoms with Crippen LogP contribution in [-0.4, -0.2) is 11.1 Å². The molecule has 1 saturated carbocycles. The Morgan fingerprint density at radius 3 is 2.69 bits per heavy atom. The van der Waals surface area contributed by atoms with E-state index in [-0.39, 0.29) is 0 Å². The number of rotatable bonds is 2. The molecule has 1 fully saturated rings. The van der Waals surface area contributed by atoms with Gasteiger partial charge in [-0.15, -0.1) is 0 Å². The molecule has 0 spiro atoms. The van der Waals surface area contributed by atoms with Crippen molar-refractivity contribution in [2.75, 3.05) is 0 Å². The number of hydrogen-bond donors (Lipinski definition) is 1. The Bertz CT molecular complexity index is 359. The third kappa shape index (κ3) is 2.15. The number of pyridine rings is 1. The molecule has 86 valence electrons. The summed E-state index contributed by atoms with van der Waals surface area (Å²) in [7, 11) is 0. The molecule has 0 saturated heterocycles. The first-order valence-corrected chi connectivity index (χ1v) is 5.62. The number of carbonyl (C=O) groups excluding carboxylic acids is 1. The summed E-state index contributed by atoms with van der Waals surface area (Å²) in [5.41, 5.74) is 5.57. The van der Waals surface area contributed by atoms with Gasteiger partial charge in [0.1, 0.15) is 5.60 Å². The van der Waals surface area contributed by atoms with Gasteiger partial charge < -0.3 is 10.5 Å². The van der Waals surface area contributed by atoms with Crippen LogP contribution in [0.4, 0.5) is 4.79 Å². The maximum absolute atomic E-state index is 11.0. The van der Waals surface area contributed by atoms with E-state index in [2.05, 4.69) is 4.98 Å². The molecule has 0 bridgehead atoms. The number of nitrogens with zero attached hydrogens (tertiary/aromatic N) is 1. The highest BCUT2D eigenvalue weighted by Gasteiger charge is 2.37. The summed E-state index contributed by atoms with van der Waals surface area (Å²) < 4.78 is 5.36. The maximum atomic E-state index is 11.0. The molecule has 0 aliphatic heterocycles. The summed E-state index contributed by atoms with van der Waals surface area (Å²) in [6, 6.07) is 3.80. The van der Waals surface area contributed by atoms with Crippen molar-refractivity contribution in [3.8, 4) is 0 Å². The van der Waals surface area contributed by atoms with Gasteiger partial charge in [-0.05, 0) is 31.7 Å². The monoisotopic (exact) mass is 220 g/mol. The van der Waals surface area contributed by atoms with Crippen LogP contribution in [-0.2, 0) is 10.3 Å². The standard InChI is InChI=1S/C12H16N2O2/c13-11(15)16-12(6-2-1-3-7-12)10-5-4-8-14-9-10/h4-5,8-9H,1-3,6-7H2,(H2,13,15). The van der Waals surface area contributed by atoms with Crippen LogP contribution in [0.15, 0.2) is 24.5 Å². The van der Waals surface area contributed by atoms with Crippen LogP contribution >= 0.6 is 0 Å². The van der Waals surface area contributed by atoms with Gasteiger partial charge in [-0.2, -0.15) is 0 Å². The lowest BCUT2D eigenvalue weighted by molar-refractivity contribution is -0.0167. The molecule has 1 aliphatic carbocycles. The van der Waals surface area contributed by atoms with E-state index in [9.17, 15) is 4.79 Å². The molecule has 2 N–H and O–H groups in total. The number of carbonyl (C=O) groups is 1. The lowest BCUT2D eigenvalue weighted by Gasteiger charge is -2.36. The molecule has 1 aromatic heterocycles. The smallest absolute Gasteiger partial charge is 0.405 e. The molecule has 1 aromatic rings. The zero-order chi connectivity index (χ0) is 11.4. The van der Waals surface area contributed by atoms with E-state index in [1.807, 2.05) is 12.1 Å². The summed E-state index contributed by atoms with van der Waals surface area (Å²) in [6.45, 7) is 0. The molecule has 0 unspecified atom stereocenters. The van der Waals surface area contributed by atoms with Crippen LogP contribution in [0.3, 0.4) is 0 Å². The highest BCUT2D eigenvalue weighted by atomic mass is 16.6. The molecule has 1 amide bonds. The van der Waals surface area contributed by atoms with Crippen molar-refractivity contribution in [3.63, 3.8) is 0 Å². The average Bonchev–Trinajstić information content (AvgIpc) is 2.30. The van der Waals surface area contributed by atoms with E-state index in [1.54, 1.807) is 12.4 Å². The van der Waals surface area contributed by atoms with Crippen LogP contribution in [0.25, 0.3) is 0 Å². The van der Waals surface area contributed by atoms with E-state index in [0.717, 1.165) is 31.2 Å². The average molecular weight is 220 g/mol. The van der Waals surface area contributed by atoms with Crippen LogP contribution in [0.1, 0.15) is 37.7 Å². The van der Waals surface area contributed by atoms with Crippen molar-refractivity contribution >= 4 is 6.09 Å². The molecule has 4 nitrogen and oxygen atoms in total. The van der Waals surface area contributed by atoms with Crippen molar-refractivity contribution < 1.29 is 9.53 Å². The van der Waals surface area contributed by atoms with E-state index < -0.39 is 11.7 Å². The van der Waals surface area contributed by atoms with Gasteiger partial charge in [0.25, 0.3) is 0 Å². The van der Waals surface area contributed by atoms with E-state index >= 15 is 0 Å². The third-order valence-corrected chi connectivity index (χ3v) is 3.14. The summed E-state index contributed by atoms with van der Waals surface area (Å²) in [6.07, 6.45) is 7.74. The molecule has 16 heavy (non-hydrogen) atoms. The summed E-state index contributed by atoms with van der Waals surface area (Å²) in [4.78, 5) is 15.1. The normalized spacial score (nSPS) is 19.0.